The Bertz CT molecular complexity index is 799. The maximum atomic E-state index is 12.8. The lowest BCUT2D eigenvalue weighted by molar-refractivity contribution is -0.128. The van der Waals surface area contributed by atoms with Gasteiger partial charge in [0.2, 0.25) is 0 Å². The van der Waals surface area contributed by atoms with Crippen LogP contribution in [0.25, 0.3) is 0 Å². The van der Waals surface area contributed by atoms with Gasteiger partial charge in [0.1, 0.15) is 5.75 Å². The maximum absolute atomic E-state index is 12.8. The lowest BCUT2D eigenvalue weighted by atomic mass is 9.87. The minimum atomic E-state index is -0.488. The van der Waals surface area contributed by atoms with Crippen molar-refractivity contribution < 1.29 is 9.53 Å². The summed E-state index contributed by atoms with van der Waals surface area (Å²) in [6.07, 6.45) is 7.34. The van der Waals surface area contributed by atoms with Crippen LogP contribution in [-0.4, -0.2) is 12.0 Å². The molecule has 136 valence electrons. The molecule has 0 aromatic heterocycles. The Kier molecular flexibility index (Phi) is 4.96. The van der Waals surface area contributed by atoms with E-state index in [-0.39, 0.29) is 11.9 Å². The third kappa shape index (κ3) is 3.48. The van der Waals surface area contributed by atoms with Gasteiger partial charge in [0, 0.05) is 0 Å². The molecule has 1 N–H and O–H groups in total. The van der Waals surface area contributed by atoms with Crippen molar-refractivity contribution in [3.05, 3.63) is 64.7 Å². The summed E-state index contributed by atoms with van der Waals surface area (Å²) in [7, 11) is 0. The predicted octanol–water partition coefficient (Wildman–Crippen LogP) is 4.53. The molecule has 0 heterocycles. The Labute approximate surface area is 155 Å². The van der Waals surface area contributed by atoms with E-state index in [4.69, 9.17) is 4.74 Å². The van der Waals surface area contributed by atoms with E-state index in [0.717, 1.165) is 37.9 Å². The van der Waals surface area contributed by atoms with Crippen LogP contribution in [0.15, 0.2) is 42.5 Å². The van der Waals surface area contributed by atoms with Crippen molar-refractivity contribution in [3.63, 3.8) is 0 Å². The van der Waals surface area contributed by atoms with E-state index in [9.17, 15) is 4.79 Å². The number of rotatable bonds is 4. The van der Waals surface area contributed by atoms with Crippen LogP contribution < -0.4 is 10.1 Å². The van der Waals surface area contributed by atoms with Gasteiger partial charge in [0.15, 0.2) is 6.10 Å². The van der Waals surface area contributed by atoms with E-state index in [1.165, 1.54) is 35.1 Å². The first-order valence-corrected chi connectivity index (χ1v) is 9.88. The molecule has 0 radical (unpaired) electrons. The topological polar surface area (TPSA) is 38.3 Å². The van der Waals surface area contributed by atoms with Crippen LogP contribution >= 0.6 is 0 Å². The lowest BCUT2D eigenvalue weighted by Gasteiger charge is -2.28. The average Bonchev–Trinajstić information content (AvgIpc) is 2.68. The van der Waals surface area contributed by atoms with Crippen molar-refractivity contribution >= 4 is 5.91 Å². The van der Waals surface area contributed by atoms with Gasteiger partial charge in [-0.25, -0.2) is 0 Å². The van der Waals surface area contributed by atoms with E-state index in [1.807, 2.05) is 19.1 Å². The normalized spacial score (nSPS) is 19.8. The molecule has 1 amide bonds. The number of aryl methyl sites for hydroxylation is 2. The van der Waals surface area contributed by atoms with Gasteiger partial charge in [-0.1, -0.05) is 36.4 Å². The molecule has 0 aliphatic heterocycles. The monoisotopic (exact) mass is 349 g/mol. The van der Waals surface area contributed by atoms with Gasteiger partial charge in [-0.2, -0.15) is 0 Å². The van der Waals surface area contributed by atoms with Crippen molar-refractivity contribution in [2.75, 3.05) is 0 Å². The number of hydrogen-bond donors (Lipinski definition) is 1. The van der Waals surface area contributed by atoms with E-state index < -0.39 is 6.10 Å². The average molecular weight is 349 g/mol. The second-order valence-corrected chi connectivity index (χ2v) is 7.51. The van der Waals surface area contributed by atoms with Gasteiger partial charge in [-0.15, -0.1) is 0 Å². The largest absolute Gasteiger partial charge is 0.481 e. The van der Waals surface area contributed by atoms with Crippen LogP contribution in [0.1, 0.15) is 60.9 Å². The minimum Gasteiger partial charge on any atom is -0.481 e. The molecule has 2 aromatic rings. The third-order valence-corrected chi connectivity index (χ3v) is 5.71. The fourth-order valence-corrected chi connectivity index (χ4v) is 4.29. The number of hydrogen-bond acceptors (Lipinski definition) is 2. The molecule has 2 atom stereocenters. The first-order chi connectivity index (χ1) is 12.7. The first kappa shape index (κ1) is 17.1. The second kappa shape index (κ2) is 7.53. The Morgan fingerprint density at radius 1 is 1.00 bits per heavy atom. The number of carbonyl (C=O) groups excluding carboxylic acids is 1. The molecule has 0 saturated carbocycles. The summed E-state index contributed by atoms with van der Waals surface area (Å²) < 4.78 is 6.09. The zero-order valence-corrected chi connectivity index (χ0v) is 15.5. The molecule has 3 nitrogen and oxygen atoms in total. The smallest absolute Gasteiger partial charge is 0.261 e. The zero-order chi connectivity index (χ0) is 17.9. The zero-order valence-electron chi connectivity index (χ0n) is 15.5. The Morgan fingerprint density at radius 2 is 1.77 bits per heavy atom. The summed E-state index contributed by atoms with van der Waals surface area (Å²) in [5.74, 6) is 0.856. The van der Waals surface area contributed by atoms with Gasteiger partial charge < -0.3 is 10.1 Å². The molecule has 0 spiro atoms. The molecule has 0 saturated heterocycles. The molecule has 0 bridgehead atoms. The van der Waals surface area contributed by atoms with Crippen LogP contribution in [0.4, 0.5) is 0 Å². The highest BCUT2D eigenvalue weighted by molar-refractivity contribution is 5.81. The van der Waals surface area contributed by atoms with Crippen LogP contribution in [0.3, 0.4) is 0 Å². The van der Waals surface area contributed by atoms with Gasteiger partial charge in [0.05, 0.1) is 6.04 Å². The molecule has 2 aliphatic rings. The van der Waals surface area contributed by atoms with Crippen molar-refractivity contribution in [3.8, 4) is 5.75 Å². The van der Waals surface area contributed by atoms with Crippen molar-refractivity contribution in [2.24, 2.45) is 0 Å². The highest BCUT2D eigenvalue weighted by Crippen LogP contribution is 2.31. The van der Waals surface area contributed by atoms with Gasteiger partial charge in [0.25, 0.3) is 5.91 Å². The SMILES string of the molecule is CC(Oc1cccc2c1CCCC2)C(=O)NC1CCCc2ccccc21. The van der Waals surface area contributed by atoms with Crippen molar-refractivity contribution in [2.45, 2.75) is 64.0 Å². The van der Waals surface area contributed by atoms with Crippen molar-refractivity contribution in [1.82, 2.24) is 5.32 Å². The standard InChI is InChI=1S/C23H27NO2/c1-16(26-22-15-7-11-18-9-3-5-13-20(18)22)23(25)24-21-14-6-10-17-8-2-4-12-19(17)21/h2,4,7-8,11-12,15-16,21H,3,5-6,9-10,13-14H2,1H3,(H,24,25). The van der Waals surface area contributed by atoms with E-state index in [1.54, 1.807) is 0 Å². The Balaban J connectivity index is 1.45. The molecule has 2 aliphatic carbocycles. The predicted molar refractivity (Wildman–Crippen MR) is 103 cm³/mol. The van der Waals surface area contributed by atoms with E-state index in [2.05, 4.69) is 35.6 Å². The minimum absolute atomic E-state index is 0.0277. The third-order valence-electron chi connectivity index (χ3n) is 5.71. The number of nitrogens with one attached hydrogen (secondary N) is 1. The highest BCUT2D eigenvalue weighted by atomic mass is 16.5. The number of fused-ring (bicyclic) bond motifs is 2. The van der Waals surface area contributed by atoms with Crippen molar-refractivity contribution in [1.29, 1.82) is 0 Å². The van der Waals surface area contributed by atoms with Gasteiger partial charge in [-0.3, -0.25) is 4.79 Å². The number of carbonyl (C=O) groups is 1. The molecular weight excluding hydrogens is 322 g/mol. The Morgan fingerprint density at radius 3 is 2.69 bits per heavy atom. The summed E-state index contributed by atoms with van der Waals surface area (Å²) in [6, 6.07) is 14.8. The van der Waals surface area contributed by atoms with Crippen LogP contribution in [-0.2, 0) is 24.1 Å². The Hall–Kier alpha value is -2.29. The molecule has 3 heteroatoms. The lowest BCUT2D eigenvalue weighted by Crippen LogP contribution is -2.39. The molecule has 4 rings (SSSR count). The molecule has 2 aromatic carbocycles. The molecular formula is C23H27NO2. The first-order valence-electron chi connectivity index (χ1n) is 9.88. The second-order valence-electron chi connectivity index (χ2n) is 7.51. The summed E-state index contributed by atoms with van der Waals surface area (Å²) in [6.45, 7) is 1.85. The van der Waals surface area contributed by atoms with Gasteiger partial charge >= 0.3 is 0 Å². The quantitative estimate of drug-likeness (QED) is 0.881. The van der Waals surface area contributed by atoms with E-state index in [0.29, 0.717) is 0 Å². The fraction of sp³-hybridized carbons (Fsp3) is 0.435. The molecule has 0 fully saturated rings. The fourth-order valence-electron chi connectivity index (χ4n) is 4.29. The summed E-state index contributed by atoms with van der Waals surface area (Å²) in [5, 5.41) is 3.21. The summed E-state index contributed by atoms with van der Waals surface area (Å²) >= 11 is 0. The molecule has 26 heavy (non-hydrogen) atoms. The van der Waals surface area contributed by atoms with E-state index >= 15 is 0 Å². The number of ether oxygens (including phenoxy) is 1. The van der Waals surface area contributed by atoms with Gasteiger partial charge in [-0.05, 0) is 80.2 Å². The maximum Gasteiger partial charge on any atom is 0.261 e. The molecule has 2 unspecified atom stereocenters. The van der Waals surface area contributed by atoms with Crippen LogP contribution in [0.5, 0.6) is 5.75 Å². The number of benzene rings is 2. The number of amides is 1. The highest BCUT2D eigenvalue weighted by Gasteiger charge is 2.25. The summed E-state index contributed by atoms with van der Waals surface area (Å²) in [4.78, 5) is 12.8. The summed E-state index contributed by atoms with van der Waals surface area (Å²) in [5.41, 5.74) is 5.29. The van der Waals surface area contributed by atoms with Crippen LogP contribution in [0.2, 0.25) is 0 Å². The van der Waals surface area contributed by atoms with Crippen LogP contribution in [0, 0.1) is 0 Å².